The molecule has 5 aromatic carbocycles. The third kappa shape index (κ3) is 3.34. The number of benzene rings is 5. The fourth-order valence-corrected chi connectivity index (χ4v) is 8.19. The minimum atomic E-state index is -0.269. The van der Waals surface area contributed by atoms with Crippen LogP contribution in [-0.4, -0.2) is 7.11 Å². The highest BCUT2D eigenvalue weighted by Crippen LogP contribution is 2.71. The molecule has 2 aliphatic rings. The van der Waals surface area contributed by atoms with Gasteiger partial charge in [-0.1, -0.05) is 109 Å². The highest BCUT2D eigenvalue weighted by Gasteiger charge is 2.59. The van der Waals surface area contributed by atoms with Crippen molar-refractivity contribution >= 4 is 17.4 Å². The van der Waals surface area contributed by atoms with Gasteiger partial charge in [-0.3, -0.25) is 0 Å². The molecule has 0 unspecified atom stereocenters. The highest BCUT2D eigenvalue weighted by atomic mass is 32.2. The van der Waals surface area contributed by atoms with Crippen molar-refractivity contribution in [3.63, 3.8) is 0 Å². The monoisotopic (exact) mass is 497 g/mol. The van der Waals surface area contributed by atoms with E-state index < -0.39 is 0 Å². The molecule has 1 spiro atoms. The van der Waals surface area contributed by atoms with Crippen molar-refractivity contribution in [2.24, 2.45) is 0 Å². The first-order valence-electron chi connectivity index (χ1n) is 12.7. The topological polar surface area (TPSA) is 12.5 Å². The first-order chi connectivity index (χ1) is 18.3. The first-order valence-corrected chi connectivity index (χ1v) is 13.6. The summed E-state index contributed by atoms with van der Waals surface area (Å²) in [5, 5.41) is 0.124. The summed E-state index contributed by atoms with van der Waals surface area (Å²) in [6, 6.07) is 48.6. The maximum atomic E-state index is 5.52. The van der Waals surface area contributed by atoms with Crippen molar-refractivity contribution < 1.29 is 4.74 Å². The number of hydrogen-bond acceptors (Lipinski definition) is 3. The Kier molecular flexibility index (Phi) is 5.33. The molecule has 1 saturated heterocycles. The molecule has 1 aliphatic heterocycles. The van der Waals surface area contributed by atoms with Crippen LogP contribution < -0.4 is 9.64 Å². The molecule has 5 aromatic rings. The second-order valence-corrected chi connectivity index (χ2v) is 11.0. The van der Waals surface area contributed by atoms with Gasteiger partial charge < -0.3 is 9.64 Å². The van der Waals surface area contributed by atoms with Crippen LogP contribution in [0.3, 0.4) is 0 Å². The van der Waals surface area contributed by atoms with E-state index in [-0.39, 0.29) is 16.2 Å². The van der Waals surface area contributed by atoms with Gasteiger partial charge in [0.25, 0.3) is 0 Å². The zero-order valence-corrected chi connectivity index (χ0v) is 21.4. The number of rotatable bonds is 4. The molecule has 2 atom stereocenters. The van der Waals surface area contributed by atoms with E-state index in [2.05, 4.69) is 150 Å². The van der Waals surface area contributed by atoms with Gasteiger partial charge in [0.15, 0.2) is 0 Å². The van der Waals surface area contributed by atoms with Crippen molar-refractivity contribution in [3.05, 3.63) is 156 Å². The van der Waals surface area contributed by atoms with Crippen LogP contribution in [0.1, 0.15) is 33.7 Å². The van der Waals surface area contributed by atoms with Crippen LogP contribution in [0.2, 0.25) is 0 Å². The number of ether oxygens (including phenoxy) is 1. The van der Waals surface area contributed by atoms with Gasteiger partial charge in [0.05, 0.1) is 17.9 Å². The summed E-state index contributed by atoms with van der Waals surface area (Å²) in [5.74, 6) is 0.870. The fourth-order valence-electron chi connectivity index (χ4n) is 6.19. The van der Waals surface area contributed by atoms with E-state index in [1.54, 1.807) is 7.11 Å². The zero-order chi connectivity index (χ0) is 24.8. The van der Waals surface area contributed by atoms with Gasteiger partial charge in [-0.2, -0.15) is 0 Å². The Labute approximate surface area is 222 Å². The summed E-state index contributed by atoms with van der Waals surface area (Å²) in [7, 11) is 1.72. The van der Waals surface area contributed by atoms with Crippen molar-refractivity contribution in [3.8, 4) is 16.9 Å². The molecule has 0 amide bonds. The van der Waals surface area contributed by atoms with E-state index in [1.165, 1.54) is 39.1 Å². The van der Waals surface area contributed by atoms with Gasteiger partial charge in [-0.05, 0) is 57.6 Å². The molecule has 2 nitrogen and oxygen atoms in total. The molecular formula is C34H27NOS. The molecule has 180 valence electrons. The zero-order valence-electron chi connectivity index (χ0n) is 20.6. The minimum absolute atomic E-state index is 0.0853. The van der Waals surface area contributed by atoms with E-state index in [9.17, 15) is 0 Å². The quantitative estimate of drug-likeness (QED) is 0.247. The van der Waals surface area contributed by atoms with Crippen LogP contribution in [0.5, 0.6) is 5.75 Å². The summed E-state index contributed by atoms with van der Waals surface area (Å²) < 4.78 is 5.25. The number of anilines is 1. The number of nitrogens with zero attached hydrogens (tertiary/aromatic N) is 1. The summed E-state index contributed by atoms with van der Waals surface area (Å²) in [6.45, 7) is 0. The van der Waals surface area contributed by atoms with E-state index in [4.69, 9.17) is 4.74 Å². The highest BCUT2D eigenvalue weighted by molar-refractivity contribution is 8.01. The molecule has 1 fully saturated rings. The molecule has 1 aliphatic carbocycles. The third-order valence-electron chi connectivity index (χ3n) is 7.73. The standard InChI is InChI=1S/C34H27NOS/c1-36-27-22-20-26(21-23-27)35-32(24-12-4-2-5-13-24)34(37-33(35)25-14-6-3-7-15-25)30-18-10-8-16-28(30)29-17-9-11-19-31(29)34/h2-23,32-33H,1H3/t32-,33+/m0/s1. The SMILES string of the molecule is COc1ccc(N2[C@@H](c3ccccc3)SC3(c4ccccc4-c4ccccc43)[C@@H]2c2ccccc2)cc1. The van der Waals surface area contributed by atoms with Crippen molar-refractivity contribution in [2.45, 2.75) is 16.2 Å². The fraction of sp³-hybridized carbons (Fsp3) is 0.118. The molecule has 0 bridgehead atoms. The smallest absolute Gasteiger partial charge is 0.119 e. The van der Waals surface area contributed by atoms with Crippen LogP contribution in [0, 0.1) is 0 Å². The maximum absolute atomic E-state index is 5.52. The third-order valence-corrected chi connectivity index (χ3v) is 9.49. The van der Waals surface area contributed by atoms with Gasteiger partial charge in [0, 0.05) is 5.69 Å². The Morgan fingerprint density at radius 1 is 0.595 bits per heavy atom. The van der Waals surface area contributed by atoms with Crippen LogP contribution >= 0.6 is 11.8 Å². The predicted octanol–water partition coefficient (Wildman–Crippen LogP) is 8.61. The molecule has 37 heavy (non-hydrogen) atoms. The molecule has 0 radical (unpaired) electrons. The molecule has 0 N–H and O–H groups in total. The van der Waals surface area contributed by atoms with Gasteiger partial charge in [0.2, 0.25) is 0 Å². The Balaban J connectivity index is 1.55. The summed E-state index contributed by atoms with van der Waals surface area (Å²) >= 11 is 2.07. The first kappa shape index (κ1) is 22.3. The predicted molar refractivity (Wildman–Crippen MR) is 154 cm³/mol. The lowest BCUT2D eigenvalue weighted by molar-refractivity contribution is 0.414. The maximum Gasteiger partial charge on any atom is 0.119 e. The normalized spacial score (nSPS) is 19.0. The van der Waals surface area contributed by atoms with Gasteiger partial charge in [0.1, 0.15) is 11.1 Å². The van der Waals surface area contributed by atoms with E-state index >= 15 is 0 Å². The van der Waals surface area contributed by atoms with Gasteiger partial charge >= 0.3 is 0 Å². The second kappa shape index (κ2) is 8.86. The minimum Gasteiger partial charge on any atom is -0.497 e. The number of fused-ring (bicyclic) bond motifs is 5. The van der Waals surface area contributed by atoms with Gasteiger partial charge in [-0.15, -0.1) is 11.8 Å². The molecule has 3 heteroatoms. The largest absolute Gasteiger partial charge is 0.497 e. The van der Waals surface area contributed by atoms with Crippen molar-refractivity contribution in [1.29, 1.82) is 0 Å². The molecule has 1 heterocycles. The van der Waals surface area contributed by atoms with Gasteiger partial charge in [-0.25, -0.2) is 0 Å². The summed E-state index contributed by atoms with van der Waals surface area (Å²) in [6.07, 6.45) is 0. The average Bonchev–Trinajstić information content (AvgIpc) is 3.48. The lowest BCUT2D eigenvalue weighted by atomic mass is 9.83. The number of methoxy groups -OCH3 is 1. The number of hydrogen-bond donors (Lipinski definition) is 0. The van der Waals surface area contributed by atoms with Crippen molar-refractivity contribution in [1.82, 2.24) is 0 Å². The number of thioether (sulfide) groups is 1. The van der Waals surface area contributed by atoms with E-state index in [1.807, 2.05) is 0 Å². The Bertz CT molecular complexity index is 1500. The van der Waals surface area contributed by atoms with Crippen LogP contribution in [-0.2, 0) is 4.75 Å². The Hall–Kier alpha value is -3.95. The van der Waals surface area contributed by atoms with Crippen LogP contribution in [0.15, 0.2) is 133 Å². The molecular weight excluding hydrogens is 470 g/mol. The van der Waals surface area contributed by atoms with E-state index in [0.29, 0.717) is 0 Å². The molecule has 0 saturated carbocycles. The summed E-state index contributed by atoms with van der Waals surface area (Å²) in [5.41, 5.74) is 9.29. The Morgan fingerprint density at radius 3 is 1.68 bits per heavy atom. The average molecular weight is 498 g/mol. The van der Waals surface area contributed by atoms with Crippen LogP contribution in [0.4, 0.5) is 5.69 Å². The molecule has 0 aromatic heterocycles. The second-order valence-electron chi connectivity index (χ2n) is 9.63. The Morgan fingerprint density at radius 2 is 1.11 bits per heavy atom. The molecule has 7 rings (SSSR count). The van der Waals surface area contributed by atoms with Crippen molar-refractivity contribution in [2.75, 3.05) is 12.0 Å². The lowest BCUT2D eigenvalue weighted by Crippen LogP contribution is -2.35. The summed E-state index contributed by atoms with van der Waals surface area (Å²) in [4.78, 5) is 2.63. The lowest BCUT2D eigenvalue weighted by Gasteiger charge is -2.38. The van der Waals surface area contributed by atoms with E-state index in [0.717, 1.165) is 5.75 Å². The van der Waals surface area contributed by atoms with Crippen LogP contribution in [0.25, 0.3) is 11.1 Å².